The average Bonchev–Trinajstić information content (AvgIpc) is 2.95. The lowest BCUT2D eigenvalue weighted by atomic mass is 9.78. The van der Waals surface area contributed by atoms with Gasteiger partial charge in [0, 0.05) is 36.5 Å². The van der Waals surface area contributed by atoms with Gasteiger partial charge < -0.3 is 15.0 Å². The van der Waals surface area contributed by atoms with E-state index in [2.05, 4.69) is 17.2 Å². The molecule has 0 spiro atoms. The summed E-state index contributed by atoms with van der Waals surface area (Å²) in [5.41, 5.74) is 11.8. The van der Waals surface area contributed by atoms with Gasteiger partial charge in [-0.2, -0.15) is 5.10 Å². The van der Waals surface area contributed by atoms with Crippen molar-refractivity contribution in [3.63, 3.8) is 0 Å². The number of amides is 1. The summed E-state index contributed by atoms with van der Waals surface area (Å²) in [6.45, 7) is 5.49. The number of aromatic nitrogens is 1. The molecule has 28 heavy (non-hydrogen) atoms. The number of nitrogen functional groups attached to an aromatic ring is 1. The lowest BCUT2D eigenvalue weighted by Crippen LogP contribution is -2.14. The zero-order valence-corrected chi connectivity index (χ0v) is 17.6. The van der Waals surface area contributed by atoms with Gasteiger partial charge in [-0.25, -0.2) is 10.4 Å². The van der Waals surface area contributed by atoms with Crippen LogP contribution in [-0.4, -0.2) is 41.6 Å². The Bertz CT molecular complexity index is 922. The molecular weight excluding hydrogens is 396 g/mol. The lowest BCUT2D eigenvalue weighted by molar-refractivity contribution is -0.116. The van der Waals surface area contributed by atoms with E-state index < -0.39 is 11.2 Å². The van der Waals surface area contributed by atoms with Crippen LogP contribution in [0, 0.1) is 0 Å². The highest BCUT2D eigenvalue weighted by atomic mass is 32.2. The molecule has 9 heteroatoms. The first kappa shape index (κ1) is 20.8. The number of nitrogens with one attached hydrogen (secondary N) is 1. The summed E-state index contributed by atoms with van der Waals surface area (Å²) in [5.74, 6) is 0.455. The third-order valence-corrected chi connectivity index (χ3v) is 7.73. The normalized spacial score (nSPS) is 16.0. The molecule has 1 aliphatic rings. The van der Waals surface area contributed by atoms with Gasteiger partial charge in [0.25, 0.3) is 5.91 Å². The molecule has 0 aromatic carbocycles. The quantitative estimate of drug-likeness (QED) is 0.295. The van der Waals surface area contributed by atoms with E-state index in [-0.39, 0.29) is 5.91 Å². The Balaban J connectivity index is 2.08. The number of carbonyl (C=O) groups is 1. The van der Waals surface area contributed by atoms with E-state index in [9.17, 15) is 9.35 Å². The van der Waals surface area contributed by atoms with Gasteiger partial charge in [0.05, 0.1) is 12.3 Å². The first-order valence-corrected chi connectivity index (χ1v) is 11.1. The van der Waals surface area contributed by atoms with E-state index in [1.54, 1.807) is 7.11 Å². The minimum Gasteiger partial charge on any atom is -0.611 e. The Hall–Kier alpha value is -1.94. The van der Waals surface area contributed by atoms with Crippen LogP contribution < -0.4 is 11.2 Å². The maximum Gasteiger partial charge on any atom is 0.264 e. The third kappa shape index (κ3) is 4.22. The Kier molecular flexibility index (Phi) is 6.71. The molecule has 1 unspecified atom stereocenters. The summed E-state index contributed by atoms with van der Waals surface area (Å²) < 4.78 is 18.3. The molecule has 0 saturated heterocycles. The average molecular weight is 421 g/mol. The zero-order valence-electron chi connectivity index (χ0n) is 16.0. The largest absolute Gasteiger partial charge is 0.611 e. The molecule has 1 fully saturated rings. The van der Waals surface area contributed by atoms with Crippen LogP contribution in [0.5, 0.6) is 0 Å². The fraction of sp³-hybridized carbons (Fsp3) is 0.421. The third-order valence-electron chi connectivity index (χ3n) is 4.86. The van der Waals surface area contributed by atoms with Crippen LogP contribution in [0.1, 0.15) is 43.4 Å². The number of hydrazone groups is 1. The number of fused-ring (bicyclic) bond motifs is 1. The molecule has 3 N–H and O–H groups in total. The minimum absolute atomic E-state index is 0.355. The molecule has 1 saturated carbocycles. The van der Waals surface area contributed by atoms with Crippen molar-refractivity contribution in [2.24, 2.45) is 5.10 Å². The van der Waals surface area contributed by atoms with Crippen LogP contribution in [0.25, 0.3) is 15.8 Å². The van der Waals surface area contributed by atoms with Crippen molar-refractivity contribution in [1.29, 1.82) is 0 Å². The second-order valence-corrected chi connectivity index (χ2v) is 9.48. The highest BCUT2D eigenvalue weighted by Gasteiger charge is 2.29. The van der Waals surface area contributed by atoms with Crippen LogP contribution in [0.15, 0.2) is 21.5 Å². The molecule has 0 radical (unpaired) electrons. The van der Waals surface area contributed by atoms with Gasteiger partial charge in [-0.3, -0.25) is 4.79 Å². The SMILES string of the molecule is C=NNC(=O)/C=C(\C)c1cc(C2CCC2)c2c(N)c([S+]([O-])CCOC)sc2n1. The van der Waals surface area contributed by atoms with Crippen molar-refractivity contribution in [3.05, 3.63) is 23.4 Å². The number of nitrogens with two attached hydrogens (primary N) is 1. The van der Waals surface area contributed by atoms with Crippen LogP contribution in [-0.2, 0) is 20.7 Å². The van der Waals surface area contributed by atoms with Crippen molar-refractivity contribution in [1.82, 2.24) is 10.4 Å². The number of rotatable bonds is 8. The second-order valence-electron chi connectivity index (χ2n) is 6.71. The monoisotopic (exact) mass is 420 g/mol. The summed E-state index contributed by atoms with van der Waals surface area (Å²) in [6.07, 6.45) is 4.82. The number of thiophene rings is 1. The second kappa shape index (κ2) is 9.04. The molecule has 1 amide bonds. The van der Waals surface area contributed by atoms with E-state index in [1.165, 1.54) is 23.8 Å². The summed E-state index contributed by atoms with van der Waals surface area (Å²) in [4.78, 5) is 17.3. The maximum atomic E-state index is 12.6. The molecule has 3 rings (SSSR count). The Morgan fingerprint density at radius 1 is 1.61 bits per heavy atom. The van der Waals surface area contributed by atoms with E-state index >= 15 is 0 Å². The lowest BCUT2D eigenvalue weighted by Gasteiger charge is -2.27. The molecule has 7 nitrogen and oxygen atoms in total. The number of methoxy groups -OCH3 is 1. The van der Waals surface area contributed by atoms with Crippen LogP contribution in [0.3, 0.4) is 0 Å². The number of hydrogen-bond acceptors (Lipinski definition) is 7. The summed E-state index contributed by atoms with van der Waals surface area (Å²) in [7, 11) is 1.58. The minimum atomic E-state index is -1.23. The van der Waals surface area contributed by atoms with Crippen LogP contribution in [0.4, 0.5) is 5.69 Å². The first-order chi connectivity index (χ1) is 13.5. The van der Waals surface area contributed by atoms with E-state index in [4.69, 9.17) is 15.5 Å². The number of ether oxygens (including phenoxy) is 1. The number of hydrogen-bond donors (Lipinski definition) is 2. The Morgan fingerprint density at radius 3 is 2.96 bits per heavy atom. The van der Waals surface area contributed by atoms with Crippen molar-refractivity contribution in [2.75, 3.05) is 25.2 Å². The number of allylic oxidation sites excluding steroid dienone is 1. The van der Waals surface area contributed by atoms with E-state index in [1.807, 2.05) is 13.0 Å². The smallest absolute Gasteiger partial charge is 0.264 e. The number of nitrogens with zero attached hydrogens (tertiary/aromatic N) is 2. The maximum absolute atomic E-state index is 12.6. The van der Waals surface area contributed by atoms with Crippen molar-refractivity contribution in [3.8, 4) is 0 Å². The van der Waals surface area contributed by atoms with Gasteiger partial charge in [-0.05, 0) is 42.9 Å². The number of anilines is 1. The molecule has 2 aromatic heterocycles. The number of pyridine rings is 1. The molecule has 1 aliphatic carbocycles. The van der Waals surface area contributed by atoms with Crippen molar-refractivity contribution >= 4 is 56.6 Å². The van der Waals surface area contributed by atoms with Crippen LogP contribution in [0.2, 0.25) is 0 Å². The van der Waals surface area contributed by atoms with E-state index in [0.717, 1.165) is 34.2 Å². The van der Waals surface area contributed by atoms with Crippen LogP contribution >= 0.6 is 11.3 Å². The summed E-state index contributed by atoms with van der Waals surface area (Å²) >= 11 is 0.130. The van der Waals surface area contributed by atoms with Gasteiger partial charge in [-0.1, -0.05) is 17.8 Å². The Morgan fingerprint density at radius 2 is 2.36 bits per heavy atom. The summed E-state index contributed by atoms with van der Waals surface area (Å²) in [6, 6.07) is 2.01. The first-order valence-electron chi connectivity index (χ1n) is 9.00. The molecule has 2 aromatic rings. The van der Waals surface area contributed by atoms with Gasteiger partial charge >= 0.3 is 0 Å². The molecule has 0 aliphatic heterocycles. The highest BCUT2D eigenvalue weighted by molar-refractivity contribution is 7.93. The Labute approximate surface area is 171 Å². The van der Waals surface area contributed by atoms with Gasteiger partial charge in [0.1, 0.15) is 16.3 Å². The van der Waals surface area contributed by atoms with E-state index in [0.29, 0.717) is 33.9 Å². The van der Waals surface area contributed by atoms with Crippen molar-refractivity contribution in [2.45, 2.75) is 36.3 Å². The summed E-state index contributed by atoms with van der Waals surface area (Å²) in [5, 5.41) is 4.29. The van der Waals surface area contributed by atoms with Crippen molar-refractivity contribution < 1.29 is 14.1 Å². The number of carbonyl (C=O) groups excluding carboxylic acids is 1. The molecule has 1 atom stereocenters. The van der Waals surface area contributed by atoms with Gasteiger partial charge in [0.2, 0.25) is 4.21 Å². The molecule has 2 heterocycles. The molecular formula is C19H24N4O3S2. The van der Waals surface area contributed by atoms with Gasteiger partial charge in [-0.15, -0.1) is 0 Å². The predicted molar refractivity (Wildman–Crippen MR) is 115 cm³/mol. The topological polar surface area (TPSA) is 113 Å². The highest BCUT2D eigenvalue weighted by Crippen LogP contribution is 2.46. The zero-order chi connectivity index (χ0) is 20.3. The van der Waals surface area contributed by atoms with Gasteiger partial charge in [0.15, 0.2) is 0 Å². The molecule has 150 valence electrons. The fourth-order valence-corrected chi connectivity index (χ4v) is 5.75. The predicted octanol–water partition coefficient (Wildman–Crippen LogP) is 3.04. The fourth-order valence-electron chi connectivity index (χ4n) is 3.17. The standard InChI is InChI=1S/C19H24N4O3S2/c1-11(9-15(24)23-21-2)14-10-13(12-5-4-6-12)16-17(20)19(27-18(16)22-14)28(25)8-7-26-3/h9-10,12H,2,4-8,20H2,1,3H3,(H,23,24)/b11-9+. The molecule has 0 bridgehead atoms.